The second kappa shape index (κ2) is 6.21. The summed E-state index contributed by atoms with van der Waals surface area (Å²) in [6.45, 7) is 0. The Bertz CT molecular complexity index is 476. The Labute approximate surface area is 127 Å². The molecule has 3 rings (SSSR count). The molecule has 114 valence electrons. The van der Waals surface area contributed by atoms with Gasteiger partial charge in [0.2, 0.25) is 0 Å². The summed E-state index contributed by atoms with van der Waals surface area (Å²) in [7, 11) is 0. The number of benzene rings is 1. The van der Waals surface area contributed by atoms with Crippen molar-refractivity contribution in [2.45, 2.75) is 63.2 Å². The largest absolute Gasteiger partial charge is 0.481 e. The molecule has 2 aliphatic carbocycles. The fourth-order valence-corrected chi connectivity index (χ4v) is 4.86. The number of aliphatic carboxylic acids is 1. The van der Waals surface area contributed by atoms with Gasteiger partial charge in [0, 0.05) is 0 Å². The van der Waals surface area contributed by atoms with Crippen molar-refractivity contribution in [2.75, 3.05) is 0 Å². The van der Waals surface area contributed by atoms with Crippen molar-refractivity contribution in [1.29, 1.82) is 0 Å². The second-order valence-electron chi connectivity index (χ2n) is 6.89. The van der Waals surface area contributed by atoms with Crippen molar-refractivity contribution < 1.29 is 9.90 Å². The van der Waals surface area contributed by atoms with Crippen LogP contribution in [-0.2, 0) is 10.2 Å². The van der Waals surface area contributed by atoms with Gasteiger partial charge in [0.05, 0.1) is 5.41 Å². The molecule has 2 saturated carbocycles. The van der Waals surface area contributed by atoms with Gasteiger partial charge in [-0.1, -0.05) is 75.3 Å². The van der Waals surface area contributed by atoms with Crippen molar-refractivity contribution in [3.63, 3.8) is 0 Å². The first-order chi connectivity index (χ1) is 10.2. The molecule has 0 spiro atoms. The summed E-state index contributed by atoms with van der Waals surface area (Å²) in [5.41, 5.74) is 0.398. The molecule has 1 N–H and O–H groups in total. The predicted octanol–water partition coefficient (Wildman–Crippen LogP) is 4.78. The van der Waals surface area contributed by atoms with E-state index in [4.69, 9.17) is 0 Å². The summed E-state index contributed by atoms with van der Waals surface area (Å²) in [5.74, 6) is 0.339. The molecule has 0 amide bonds. The molecule has 2 atom stereocenters. The van der Waals surface area contributed by atoms with E-state index in [1.807, 2.05) is 30.3 Å². The first kappa shape index (κ1) is 14.6. The molecule has 0 radical (unpaired) electrons. The summed E-state index contributed by atoms with van der Waals surface area (Å²) in [6.07, 6.45) is 10.5. The molecule has 0 heterocycles. The molecule has 2 aliphatic rings. The van der Waals surface area contributed by atoms with Crippen LogP contribution in [-0.4, -0.2) is 11.1 Å². The summed E-state index contributed by atoms with van der Waals surface area (Å²) in [5, 5.41) is 10.1. The first-order valence-electron chi connectivity index (χ1n) is 8.54. The number of carboxylic acid groups (broad SMARTS) is 1. The van der Waals surface area contributed by atoms with Crippen molar-refractivity contribution in [2.24, 2.45) is 11.8 Å². The lowest BCUT2D eigenvalue weighted by atomic mass is 9.56. The van der Waals surface area contributed by atoms with Gasteiger partial charge in [-0.25, -0.2) is 0 Å². The minimum absolute atomic E-state index is 0.325. The van der Waals surface area contributed by atoms with Crippen LogP contribution in [0.1, 0.15) is 63.4 Å². The van der Waals surface area contributed by atoms with E-state index in [-0.39, 0.29) is 0 Å². The molecule has 0 aliphatic heterocycles. The minimum Gasteiger partial charge on any atom is -0.481 e. The van der Waals surface area contributed by atoms with Gasteiger partial charge in [0.25, 0.3) is 0 Å². The predicted molar refractivity (Wildman–Crippen MR) is 84.3 cm³/mol. The monoisotopic (exact) mass is 286 g/mol. The highest BCUT2D eigenvalue weighted by atomic mass is 16.4. The first-order valence-corrected chi connectivity index (χ1v) is 8.54. The summed E-state index contributed by atoms with van der Waals surface area (Å²) in [4.78, 5) is 12.3. The van der Waals surface area contributed by atoms with E-state index in [1.54, 1.807) is 0 Å². The maximum absolute atomic E-state index is 12.3. The zero-order valence-electron chi connectivity index (χ0n) is 12.8. The third-order valence-electron chi connectivity index (χ3n) is 5.86. The average Bonchev–Trinajstić information content (AvgIpc) is 2.56. The molecule has 2 heteroatoms. The lowest BCUT2D eigenvalue weighted by molar-refractivity contribution is -0.149. The summed E-state index contributed by atoms with van der Waals surface area (Å²) in [6, 6.07) is 10.0. The highest BCUT2D eigenvalue weighted by Gasteiger charge is 2.51. The number of carbonyl (C=O) groups is 1. The number of carboxylic acids is 1. The maximum Gasteiger partial charge on any atom is 0.314 e. The lowest BCUT2D eigenvalue weighted by Crippen LogP contribution is -2.48. The molecule has 2 nitrogen and oxygen atoms in total. The fourth-order valence-electron chi connectivity index (χ4n) is 4.86. The van der Waals surface area contributed by atoms with Gasteiger partial charge < -0.3 is 5.11 Å². The van der Waals surface area contributed by atoms with Crippen LogP contribution in [0.5, 0.6) is 0 Å². The smallest absolute Gasteiger partial charge is 0.314 e. The van der Waals surface area contributed by atoms with Gasteiger partial charge in [-0.05, 0) is 30.2 Å². The molecule has 2 fully saturated rings. The second-order valence-corrected chi connectivity index (χ2v) is 6.89. The third kappa shape index (κ3) is 2.61. The molecular weight excluding hydrogens is 260 g/mol. The molecule has 0 bridgehead atoms. The highest BCUT2D eigenvalue weighted by Crippen LogP contribution is 2.50. The third-order valence-corrected chi connectivity index (χ3v) is 5.86. The molecule has 21 heavy (non-hydrogen) atoms. The minimum atomic E-state index is -0.637. The highest BCUT2D eigenvalue weighted by molar-refractivity contribution is 5.82. The molecule has 1 aromatic rings. The standard InChI is InChI=1S/C19H26O2/c20-18(21)19(16-11-5-2-6-12-16)14-8-7-13-17(19)15-9-3-1-4-10-15/h2,5-6,11-12,15,17H,1,3-4,7-10,13-14H2,(H,20,21). The molecule has 2 unspecified atom stereocenters. The summed E-state index contributed by atoms with van der Waals surface area (Å²) >= 11 is 0. The number of hydrogen-bond acceptors (Lipinski definition) is 1. The topological polar surface area (TPSA) is 37.3 Å². The van der Waals surface area contributed by atoms with E-state index >= 15 is 0 Å². The van der Waals surface area contributed by atoms with Crippen LogP contribution in [0.4, 0.5) is 0 Å². The molecule has 1 aromatic carbocycles. The number of rotatable bonds is 3. The van der Waals surface area contributed by atoms with E-state index in [2.05, 4.69) is 0 Å². The van der Waals surface area contributed by atoms with E-state index < -0.39 is 11.4 Å². The van der Waals surface area contributed by atoms with E-state index in [0.29, 0.717) is 11.8 Å². The average molecular weight is 286 g/mol. The van der Waals surface area contributed by atoms with Gasteiger partial charge in [0.1, 0.15) is 0 Å². The van der Waals surface area contributed by atoms with Crippen molar-refractivity contribution in [3.05, 3.63) is 35.9 Å². The molecule has 0 saturated heterocycles. The van der Waals surface area contributed by atoms with Crippen LogP contribution >= 0.6 is 0 Å². The number of hydrogen-bond donors (Lipinski definition) is 1. The zero-order valence-corrected chi connectivity index (χ0v) is 12.8. The van der Waals surface area contributed by atoms with Crippen molar-refractivity contribution in [3.8, 4) is 0 Å². The van der Waals surface area contributed by atoms with Gasteiger partial charge >= 0.3 is 5.97 Å². The Balaban J connectivity index is 2.00. The Morgan fingerprint density at radius 1 is 0.952 bits per heavy atom. The van der Waals surface area contributed by atoms with Crippen LogP contribution in [0.2, 0.25) is 0 Å². The van der Waals surface area contributed by atoms with E-state index in [0.717, 1.165) is 24.8 Å². The SMILES string of the molecule is O=C(O)C1(c2ccccc2)CCCCC1C1CCCCC1. The van der Waals surface area contributed by atoms with Gasteiger partial charge in [-0.2, -0.15) is 0 Å². The Morgan fingerprint density at radius 2 is 1.62 bits per heavy atom. The van der Waals surface area contributed by atoms with Crippen LogP contribution in [0.25, 0.3) is 0 Å². The van der Waals surface area contributed by atoms with Gasteiger partial charge in [-0.3, -0.25) is 4.79 Å². The maximum atomic E-state index is 12.3. The van der Waals surface area contributed by atoms with Crippen LogP contribution < -0.4 is 0 Å². The van der Waals surface area contributed by atoms with Crippen LogP contribution in [0.3, 0.4) is 0 Å². The van der Waals surface area contributed by atoms with Crippen LogP contribution in [0, 0.1) is 11.8 Å². The lowest BCUT2D eigenvalue weighted by Gasteiger charge is -2.46. The zero-order chi connectivity index (χ0) is 14.7. The quantitative estimate of drug-likeness (QED) is 0.868. The van der Waals surface area contributed by atoms with Gasteiger partial charge in [-0.15, -0.1) is 0 Å². The Morgan fingerprint density at radius 3 is 2.29 bits per heavy atom. The molecule has 0 aromatic heterocycles. The van der Waals surface area contributed by atoms with Gasteiger partial charge in [0.15, 0.2) is 0 Å². The van der Waals surface area contributed by atoms with E-state index in [9.17, 15) is 9.90 Å². The van der Waals surface area contributed by atoms with Crippen molar-refractivity contribution >= 4 is 5.97 Å². The van der Waals surface area contributed by atoms with Crippen molar-refractivity contribution in [1.82, 2.24) is 0 Å². The molecular formula is C19H26O2. The summed E-state index contributed by atoms with van der Waals surface area (Å²) < 4.78 is 0. The van der Waals surface area contributed by atoms with Crippen LogP contribution in [0.15, 0.2) is 30.3 Å². The Hall–Kier alpha value is -1.31. The normalized spacial score (nSPS) is 31.0. The fraction of sp³-hybridized carbons (Fsp3) is 0.632. The van der Waals surface area contributed by atoms with E-state index in [1.165, 1.54) is 38.5 Å². The Kier molecular flexibility index (Phi) is 4.32.